The van der Waals surface area contributed by atoms with Crippen LogP contribution in [0.15, 0.2) is 41.0 Å². The van der Waals surface area contributed by atoms with Crippen LogP contribution in [0.3, 0.4) is 0 Å². The highest BCUT2D eigenvalue weighted by Crippen LogP contribution is 2.39. The molecule has 0 unspecified atom stereocenters. The third kappa shape index (κ3) is 2.25. The highest BCUT2D eigenvalue weighted by molar-refractivity contribution is 6.31. The molecular formula is C15H14ClN3O2. The molecule has 3 aromatic rings. The van der Waals surface area contributed by atoms with Crippen molar-refractivity contribution in [2.75, 3.05) is 12.8 Å². The SMILES string of the molecule is COc1cccc(-c2c(-c3ccoc3Cl)nn(C)c2N)c1. The first-order valence-corrected chi connectivity index (χ1v) is 6.70. The molecule has 0 amide bonds. The molecule has 5 nitrogen and oxygen atoms in total. The van der Waals surface area contributed by atoms with Crippen LogP contribution >= 0.6 is 11.6 Å². The average molecular weight is 304 g/mol. The average Bonchev–Trinajstić information content (AvgIpc) is 3.03. The number of rotatable bonds is 3. The zero-order valence-electron chi connectivity index (χ0n) is 11.6. The number of halogens is 1. The Morgan fingerprint density at radius 1 is 1.33 bits per heavy atom. The number of nitrogen functional groups attached to an aromatic ring is 1. The zero-order valence-corrected chi connectivity index (χ0v) is 12.4. The van der Waals surface area contributed by atoms with Gasteiger partial charge in [-0.1, -0.05) is 12.1 Å². The van der Waals surface area contributed by atoms with Crippen LogP contribution in [0, 0.1) is 0 Å². The zero-order chi connectivity index (χ0) is 15.0. The van der Waals surface area contributed by atoms with Crippen LogP contribution in [0.5, 0.6) is 5.75 Å². The molecule has 6 heteroatoms. The number of nitrogens with zero attached hydrogens (tertiary/aromatic N) is 2. The lowest BCUT2D eigenvalue weighted by Gasteiger charge is -2.06. The van der Waals surface area contributed by atoms with E-state index in [1.807, 2.05) is 24.3 Å². The summed E-state index contributed by atoms with van der Waals surface area (Å²) in [5.74, 6) is 1.30. The Balaban J connectivity index is 2.24. The lowest BCUT2D eigenvalue weighted by atomic mass is 10.0. The molecule has 0 radical (unpaired) electrons. The quantitative estimate of drug-likeness (QED) is 0.803. The smallest absolute Gasteiger partial charge is 0.202 e. The van der Waals surface area contributed by atoms with Gasteiger partial charge in [0.25, 0.3) is 0 Å². The van der Waals surface area contributed by atoms with Crippen molar-refractivity contribution in [3.63, 3.8) is 0 Å². The number of hydrogen-bond acceptors (Lipinski definition) is 4. The van der Waals surface area contributed by atoms with E-state index in [4.69, 9.17) is 26.5 Å². The fourth-order valence-electron chi connectivity index (χ4n) is 2.25. The second-order valence-electron chi connectivity index (χ2n) is 4.57. The first-order chi connectivity index (χ1) is 10.1. The third-order valence-corrected chi connectivity index (χ3v) is 3.62. The molecule has 0 fully saturated rings. The minimum absolute atomic E-state index is 0.289. The van der Waals surface area contributed by atoms with Gasteiger partial charge in [-0.2, -0.15) is 5.10 Å². The maximum atomic E-state index is 6.17. The molecule has 0 aliphatic carbocycles. The molecule has 0 spiro atoms. The standard InChI is InChI=1S/C15H14ClN3O2/c1-19-15(17)12(9-4-3-5-10(8-9)20-2)13(18-19)11-6-7-21-14(11)16/h3-8H,17H2,1-2H3. The highest BCUT2D eigenvalue weighted by Gasteiger charge is 2.20. The Hall–Kier alpha value is -2.40. The molecular weight excluding hydrogens is 290 g/mol. The lowest BCUT2D eigenvalue weighted by Crippen LogP contribution is -1.98. The van der Waals surface area contributed by atoms with Crippen molar-refractivity contribution < 1.29 is 9.15 Å². The van der Waals surface area contributed by atoms with Gasteiger partial charge in [0, 0.05) is 7.05 Å². The minimum Gasteiger partial charge on any atom is -0.497 e. The second kappa shape index (κ2) is 5.18. The molecule has 0 bridgehead atoms. The number of benzene rings is 1. The van der Waals surface area contributed by atoms with Crippen LogP contribution in [0.25, 0.3) is 22.4 Å². The monoisotopic (exact) mass is 303 g/mol. The van der Waals surface area contributed by atoms with Gasteiger partial charge in [-0.3, -0.25) is 4.68 Å². The number of anilines is 1. The van der Waals surface area contributed by atoms with Gasteiger partial charge in [0.15, 0.2) is 0 Å². The molecule has 0 aliphatic heterocycles. The number of hydrogen-bond donors (Lipinski definition) is 1. The molecule has 2 heterocycles. The first kappa shape index (κ1) is 13.6. The molecule has 0 saturated heterocycles. The van der Waals surface area contributed by atoms with Crippen LogP contribution < -0.4 is 10.5 Å². The Kier molecular flexibility index (Phi) is 3.35. The van der Waals surface area contributed by atoms with Crippen molar-refractivity contribution >= 4 is 17.4 Å². The fourth-order valence-corrected chi connectivity index (χ4v) is 2.46. The number of furan rings is 1. The van der Waals surface area contributed by atoms with E-state index >= 15 is 0 Å². The van der Waals surface area contributed by atoms with Crippen molar-refractivity contribution in [2.24, 2.45) is 7.05 Å². The Morgan fingerprint density at radius 3 is 2.81 bits per heavy atom. The Morgan fingerprint density at radius 2 is 2.14 bits per heavy atom. The summed E-state index contributed by atoms with van der Waals surface area (Å²) in [5.41, 5.74) is 9.28. The normalized spacial score (nSPS) is 10.8. The van der Waals surface area contributed by atoms with E-state index in [-0.39, 0.29) is 5.22 Å². The van der Waals surface area contributed by atoms with Crippen LogP contribution in [-0.4, -0.2) is 16.9 Å². The molecule has 1 aromatic carbocycles. The second-order valence-corrected chi connectivity index (χ2v) is 4.92. The Bertz CT molecular complexity index is 792. The number of nitrogens with two attached hydrogens (primary N) is 1. The van der Waals surface area contributed by atoms with Crippen molar-refractivity contribution in [3.05, 3.63) is 41.8 Å². The lowest BCUT2D eigenvalue weighted by molar-refractivity contribution is 0.415. The molecule has 0 saturated carbocycles. The molecule has 0 atom stereocenters. The molecule has 21 heavy (non-hydrogen) atoms. The number of methoxy groups -OCH3 is 1. The maximum Gasteiger partial charge on any atom is 0.202 e. The summed E-state index contributed by atoms with van der Waals surface area (Å²) in [7, 11) is 3.41. The molecule has 0 aliphatic rings. The predicted molar refractivity (Wildman–Crippen MR) is 82.3 cm³/mol. The number of ether oxygens (including phenoxy) is 1. The summed E-state index contributed by atoms with van der Waals surface area (Å²) in [6, 6.07) is 9.41. The van der Waals surface area contributed by atoms with Gasteiger partial charge in [0.2, 0.25) is 5.22 Å². The molecule has 108 valence electrons. The van der Waals surface area contributed by atoms with Gasteiger partial charge in [-0.05, 0) is 35.4 Å². The summed E-state index contributed by atoms with van der Waals surface area (Å²) < 4.78 is 12.0. The summed E-state index contributed by atoms with van der Waals surface area (Å²) in [4.78, 5) is 0. The molecule has 2 aromatic heterocycles. The Labute approximate surface area is 126 Å². The van der Waals surface area contributed by atoms with Crippen LogP contribution in [-0.2, 0) is 7.05 Å². The van der Waals surface area contributed by atoms with Gasteiger partial charge >= 0.3 is 0 Å². The summed E-state index contributed by atoms with van der Waals surface area (Å²) in [5, 5.41) is 4.74. The highest BCUT2D eigenvalue weighted by atomic mass is 35.5. The summed E-state index contributed by atoms with van der Waals surface area (Å²) in [6.07, 6.45) is 1.53. The van der Waals surface area contributed by atoms with Crippen molar-refractivity contribution in [1.29, 1.82) is 0 Å². The van der Waals surface area contributed by atoms with Crippen molar-refractivity contribution in [2.45, 2.75) is 0 Å². The predicted octanol–water partition coefficient (Wildman–Crippen LogP) is 3.59. The van der Waals surface area contributed by atoms with E-state index in [2.05, 4.69) is 5.10 Å². The number of aromatic nitrogens is 2. The van der Waals surface area contributed by atoms with Gasteiger partial charge in [-0.15, -0.1) is 0 Å². The van der Waals surface area contributed by atoms with E-state index in [0.717, 1.165) is 16.9 Å². The first-order valence-electron chi connectivity index (χ1n) is 6.32. The van der Waals surface area contributed by atoms with Gasteiger partial charge in [-0.25, -0.2) is 0 Å². The van der Waals surface area contributed by atoms with Crippen LogP contribution in [0.1, 0.15) is 0 Å². The largest absolute Gasteiger partial charge is 0.497 e. The van der Waals surface area contributed by atoms with Gasteiger partial charge < -0.3 is 14.9 Å². The van der Waals surface area contributed by atoms with Crippen molar-refractivity contribution in [1.82, 2.24) is 9.78 Å². The molecule has 3 rings (SSSR count). The van der Waals surface area contributed by atoms with Gasteiger partial charge in [0.1, 0.15) is 17.3 Å². The fraction of sp³-hybridized carbons (Fsp3) is 0.133. The topological polar surface area (TPSA) is 66.2 Å². The number of aryl methyl sites for hydroxylation is 1. The van der Waals surface area contributed by atoms with Crippen LogP contribution in [0.2, 0.25) is 5.22 Å². The van der Waals surface area contributed by atoms with E-state index < -0.39 is 0 Å². The van der Waals surface area contributed by atoms with E-state index in [9.17, 15) is 0 Å². The molecule has 2 N–H and O–H groups in total. The summed E-state index contributed by atoms with van der Waals surface area (Å²) >= 11 is 6.07. The van der Waals surface area contributed by atoms with E-state index in [1.165, 1.54) is 6.26 Å². The van der Waals surface area contributed by atoms with E-state index in [0.29, 0.717) is 17.1 Å². The van der Waals surface area contributed by atoms with Crippen LogP contribution in [0.4, 0.5) is 5.82 Å². The van der Waals surface area contributed by atoms with Gasteiger partial charge in [0.05, 0.1) is 24.5 Å². The minimum atomic E-state index is 0.289. The third-order valence-electron chi connectivity index (χ3n) is 3.32. The van der Waals surface area contributed by atoms with Crippen molar-refractivity contribution in [3.8, 4) is 28.1 Å². The maximum absolute atomic E-state index is 6.17. The summed E-state index contributed by atoms with van der Waals surface area (Å²) in [6.45, 7) is 0. The van der Waals surface area contributed by atoms with E-state index in [1.54, 1.807) is 24.9 Å².